The van der Waals surface area contributed by atoms with Crippen molar-refractivity contribution in [2.45, 2.75) is 16.2 Å². The van der Waals surface area contributed by atoms with Gasteiger partial charge < -0.3 is 0 Å². The van der Waals surface area contributed by atoms with Crippen molar-refractivity contribution < 1.29 is 25.6 Å². The fourth-order valence-corrected chi connectivity index (χ4v) is 4.74. The summed E-state index contributed by atoms with van der Waals surface area (Å²) in [4.78, 5) is -1.35. The lowest BCUT2D eigenvalue weighted by atomic mass is 10.2. The van der Waals surface area contributed by atoms with Crippen LogP contribution in [0.3, 0.4) is 0 Å². The largest absolute Gasteiger partial charge is 0.270 e. The van der Waals surface area contributed by atoms with E-state index >= 15 is 0 Å². The van der Waals surface area contributed by atoms with Crippen molar-refractivity contribution in [2.75, 3.05) is 10.8 Å². The molecule has 1 aliphatic heterocycles. The summed E-state index contributed by atoms with van der Waals surface area (Å²) >= 11 is 0. The molecule has 0 radical (unpaired) electrons. The summed E-state index contributed by atoms with van der Waals surface area (Å²) in [6.07, 6.45) is 0.287. The number of primary sulfonamides is 1. The summed E-state index contributed by atoms with van der Waals surface area (Å²) in [5.74, 6) is -2.43. The molecule has 0 amide bonds. The van der Waals surface area contributed by atoms with Crippen LogP contribution < -0.4 is 9.44 Å². The number of benzene rings is 2. The molecule has 24 heavy (non-hydrogen) atoms. The van der Waals surface area contributed by atoms with E-state index in [1.54, 1.807) is 0 Å². The average molecular weight is 374 g/mol. The number of hydrogen-bond acceptors (Lipinski definition) is 4. The summed E-state index contributed by atoms with van der Waals surface area (Å²) in [6, 6.07) is 6.52. The maximum atomic E-state index is 13.9. The van der Waals surface area contributed by atoms with Crippen molar-refractivity contribution in [3.05, 3.63) is 53.6 Å². The molecule has 6 nitrogen and oxygen atoms in total. The smallest absolute Gasteiger partial charge is 0.266 e. The van der Waals surface area contributed by atoms with Gasteiger partial charge in [0.15, 0.2) is 4.90 Å². The van der Waals surface area contributed by atoms with Crippen LogP contribution in [0.15, 0.2) is 46.2 Å². The van der Waals surface area contributed by atoms with Crippen LogP contribution in [0.25, 0.3) is 0 Å². The van der Waals surface area contributed by atoms with Crippen LogP contribution in [-0.2, 0) is 26.5 Å². The number of rotatable bonds is 3. The van der Waals surface area contributed by atoms with Gasteiger partial charge in [-0.25, -0.2) is 30.8 Å². The van der Waals surface area contributed by atoms with Crippen molar-refractivity contribution in [1.29, 1.82) is 0 Å². The fraction of sp³-hybridized carbons (Fsp3) is 0.143. The molecule has 0 saturated carbocycles. The minimum Gasteiger partial charge on any atom is -0.266 e. The van der Waals surface area contributed by atoms with E-state index in [2.05, 4.69) is 0 Å². The van der Waals surface area contributed by atoms with Gasteiger partial charge in [-0.3, -0.25) is 4.31 Å². The number of halogens is 2. The Morgan fingerprint density at radius 2 is 1.62 bits per heavy atom. The van der Waals surface area contributed by atoms with E-state index in [4.69, 9.17) is 5.14 Å². The van der Waals surface area contributed by atoms with Gasteiger partial charge in [0.1, 0.15) is 11.6 Å². The predicted molar refractivity (Wildman–Crippen MR) is 82.4 cm³/mol. The molecule has 0 unspecified atom stereocenters. The summed E-state index contributed by atoms with van der Waals surface area (Å²) in [5.41, 5.74) is 0.590. The zero-order valence-electron chi connectivity index (χ0n) is 12.1. The van der Waals surface area contributed by atoms with Crippen LogP contribution in [0.2, 0.25) is 0 Å². The number of anilines is 1. The maximum absolute atomic E-state index is 13.9. The molecular formula is C14H12F2N2O4S2. The third-order valence-corrected chi connectivity index (χ3v) is 6.48. The molecule has 2 aromatic rings. The highest BCUT2D eigenvalue weighted by Gasteiger charge is 2.35. The van der Waals surface area contributed by atoms with E-state index < -0.39 is 36.6 Å². The van der Waals surface area contributed by atoms with Crippen LogP contribution in [-0.4, -0.2) is 23.4 Å². The number of hydrogen-bond donors (Lipinski definition) is 1. The quantitative estimate of drug-likeness (QED) is 0.877. The molecule has 10 heteroatoms. The number of nitrogens with zero attached hydrogens (tertiary/aromatic N) is 1. The van der Waals surface area contributed by atoms with E-state index in [0.717, 1.165) is 28.6 Å². The highest BCUT2D eigenvalue weighted by Crippen LogP contribution is 2.35. The van der Waals surface area contributed by atoms with Crippen molar-refractivity contribution >= 4 is 25.7 Å². The van der Waals surface area contributed by atoms with Crippen LogP contribution >= 0.6 is 0 Å². The third kappa shape index (κ3) is 2.66. The Hall–Kier alpha value is -2.04. The summed E-state index contributed by atoms with van der Waals surface area (Å²) in [5, 5.41) is 5.05. The second-order valence-corrected chi connectivity index (χ2v) is 8.57. The molecule has 1 aliphatic rings. The van der Waals surface area contributed by atoms with Crippen molar-refractivity contribution in [2.24, 2.45) is 5.14 Å². The van der Waals surface area contributed by atoms with E-state index in [1.165, 1.54) is 12.1 Å². The summed E-state index contributed by atoms with van der Waals surface area (Å²) in [6.45, 7) is -0.0560. The van der Waals surface area contributed by atoms with Crippen LogP contribution in [0.5, 0.6) is 0 Å². The van der Waals surface area contributed by atoms with Gasteiger partial charge in [0.2, 0.25) is 10.0 Å². The molecule has 0 atom stereocenters. The first-order valence-electron chi connectivity index (χ1n) is 6.75. The van der Waals surface area contributed by atoms with Gasteiger partial charge in [0.25, 0.3) is 10.0 Å². The third-order valence-electron chi connectivity index (χ3n) is 3.71. The minimum absolute atomic E-state index is 0.0455. The van der Waals surface area contributed by atoms with Gasteiger partial charge in [-0.05, 0) is 36.2 Å². The zero-order chi connectivity index (χ0) is 17.7. The standard InChI is InChI=1S/C14H12F2N2O4S2/c15-11-2-1-3-12(16)14(11)24(21,22)18-7-6-9-4-5-10(8-13(9)18)23(17,19)20/h1-5,8H,6-7H2,(H2,17,19,20). The predicted octanol–water partition coefficient (Wildman–Crippen LogP) is 1.36. The zero-order valence-corrected chi connectivity index (χ0v) is 13.7. The average Bonchev–Trinajstić information content (AvgIpc) is 2.89. The van der Waals surface area contributed by atoms with Gasteiger partial charge in [0.05, 0.1) is 10.6 Å². The van der Waals surface area contributed by atoms with Gasteiger partial charge in [-0.2, -0.15) is 0 Å². The van der Waals surface area contributed by atoms with Crippen molar-refractivity contribution in [3.8, 4) is 0 Å². The normalized spacial score (nSPS) is 14.7. The monoisotopic (exact) mass is 374 g/mol. The molecule has 0 aliphatic carbocycles. The molecule has 0 bridgehead atoms. The lowest BCUT2D eigenvalue weighted by Gasteiger charge is -2.20. The van der Waals surface area contributed by atoms with Gasteiger partial charge in [-0.1, -0.05) is 12.1 Å². The Labute approximate surface area is 137 Å². The van der Waals surface area contributed by atoms with E-state index in [-0.39, 0.29) is 23.5 Å². The molecule has 128 valence electrons. The Morgan fingerprint density at radius 3 is 2.21 bits per heavy atom. The van der Waals surface area contributed by atoms with Crippen molar-refractivity contribution in [3.63, 3.8) is 0 Å². The summed E-state index contributed by atoms with van der Waals surface area (Å²) in [7, 11) is -8.57. The molecular weight excluding hydrogens is 362 g/mol. The second-order valence-electron chi connectivity index (χ2n) is 5.21. The van der Waals surface area contributed by atoms with Crippen LogP contribution in [0.1, 0.15) is 5.56 Å². The maximum Gasteiger partial charge on any atom is 0.270 e. The minimum atomic E-state index is -4.53. The number of sulfonamides is 2. The lowest BCUT2D eigenvalue weighted by Crippen LogP contribution is -2.30. The van der Waals surface area contributed by atoms with Crippen LogP contribution in [0, 0.1) is 11.6 Å². The molecule has 0 spiro atoms. The van der Waals surface area contributed by atoms with Crippen LogP contribution in [0.4, 0.5) is 14.5 Å². The SMILES string of the molecule is NS(=O)(=O)c1ccc2c(c1)N(S(=O)(=O)c1c(F)cccc1F)CC2. The van der Waals surface area contributed by atoms with Gasteiger partial charge >= 0.3 is 0 Å². The topological polar surface area (TPSA) is 97.5 Å². The Morgan fingerprint density at radius 1 is 1.00 bits per heavy atom. The highest BCUT2D eigenvalue weighted by molar-refractivity contribution is 7.93. The first-order valence-corrected chi connectivity index (χ1v) is 9.73. The van der Waals surface area contributed by atoms with E-state index in [0.29, 0.717) is 5.56 Å². The Bertz CT molecular complexity index is 1020. The fourth-order valence-electron chi connectivity index (χ4n) is 2.60. The van der Waals surface area contributed by atoms with Gasteiger partial charge in [0, 0.05) is 6.54 Å². The molecule has 0 saturated heterocycles. The number of fused-ring (bicyclic) bond motifs is 1. The molecule has 3 rings (SSSR count). The first-order chi connectivity index (χ1) is 11.1. The summed E-state index contributed by atoms with van der Waals surface area (Å²) < 4.78 is 76.8. The van der Waals surface area contributed by atoms with Gasteiger partial charge in [-0.15, -0.1) is 0 Å². The van der Waals surface area contributed by atoms with Crippen molar-refractivity contribution in [1.82, 2.24) is 0 Å². The van der Waals surface area contributed by atoms with E-state index in [9.17, 15) is 25.6 Å². The first kappa shape index (κ1) is 16.8. The molecule has 1 heterocycles. The molecule has 0 fully saturated rings. The second kappa shape index (κ2) is 5.50. The highest BCUT2D eigenvalue weighted by atomic mass is 32.2. The molecule has 2 N–H and O–H groups in total. The molecule has 2 aromatic carbocycles. The molecule has 0 aromatic heterocycles. The Kier molecular flexibility index (Phi) is 3.85. The van der Waals surface area contributed by atoms with E-state index in [1.807, 2.05) is 0 Å². The Balaban J connectivity index is 2.17. The number of nitrogens with two attached hydrogens (primary N) is 1. The lowest BCUT2D eigenvalue weighted by molar-refractivity contribution is 0.518.